The van der Waals surface area contributed by atoms with Gasteiger partial charge < -0.3 is 4.74 Å². The molecule has 8 heteroatoms. The Labute approximate surface area is 180 Å². The van der Waals surface area contributed by atoms with Gasteiger partial charge in [-0.05, 0) is 18.6 Å². The third-order valence-corrected chi connectivity index (χ3v) is 5.43. The fourth-order valence-electron chi connectivity index (χ4n) is 3.91. The van der Waals surface area contributed by atoms with Crippen molar-refractivity contribution in [3.8, 4) is 0 Å². The Morgan fingerprint density at radius 3 is 2.42 bits per heavy atom. The van der Waals surface area contributed by atoms with Crippen molar-refractivity contribution in [1.29, 1.82) is 0 Å². The number of nitrogens with one attached hydrogen (secondary N) is 1. The molecule has 1 atom stereocenters. The van der Waals surface area contributed by atoms with Gasteiger partial charge in [0.15, 0.2) is 5.69 Å². The number of rotatable bonds is 5. The molecule has 1 amide bonds. The normalized spacial score (nSPS) is 16.3. The lowest BCUT2D eigenvalue weighted by Gasteiger charge is -2.34. The van der Waals surface area contributed by atoms with Gasteiger partial charge in [0, 0.05) is 25.5 Å². The highest BCUT2D eigenvalue weighted by atomic mass is 16.5. The highest BCUT2D eigenvalue weighted by molar-refractivity contribution is 6.05. The van der Waals surface area contributed by atoms with Gasteiger partial charge in [0.1, 0.15) is 0 Å². The summed E-state index contributed by atoms with van der Waals surface area (Å²) in [5.41, 5.74) is 4.42. The Kier molecular flexibility index (Phi) is 6.20. The molecule has 2 heterocycles. The van der Waals surface area contributed by atoms with E-state index in [1.54, 1.807) is 24.3 Å². The summed E-state index contributed by atoms with van der Waals surface area (Å²) in [6.07, 6.45) is 0. The van der Waals surface area contributed by atoms with E-state index in [0.717, 1.165) is 24.4 Å². The maximum absolute atomic E-state index is 12.9. The Bertz CT molecular complexity index is 1170. The van der Waals surface area contributed by atoms with E-state index in [9.17, 15) is 9.59 Å². The van der Waals surface area contributed by atoms with Crippen LogP contribution in [0.1, 0.15) is 29.0 Å². The predicted molar refractivity (Wildman–Crippen MR) is 119 cm³/mol. The van der Waals surface area contributed by atoms with Crippen LogP contribution in [0.5, 0.6) is 0 Å². The van der Waals surface area contributed by atoms with E-state index in [1.807, 2.05) is 25.1 Å². The van der Waals surface area contributed by atoms with Crippen molar-refractivity contribution in [2.75, 3.05) is 26.3 Å². The smallest absolute Gasteiger partial charge is 0.292 e. The summed E-state index contributed by atoms with van der Waals surface area (Å²) in [7, 11) is 1.53. The molecule has 0 aliphatic carbocycles. The molecule has 0 spiro atoms. The first-order valence-electron chi connectivity index (χ1n) is 10.2. The van der Waals surface area contributed by atoms with Crippen molar-refractivity contribution in [3.05, 3.63) is 76.2 Å². The Balaban J connectivity index is 1.63. The minimum Gasteiger partial charge on any atom is -0.379 e. The van der Waals surface area contributed by atoms with Crippen LogP contribution in [0.3, 0.4) is 0 Å². The van der Waals surface area contributed by atoms with Crippen LogP contribution in [0.2, 0.25) is 0 Å². The number of amides is 1. The Morgan fingerprint density at radius 2 is 1.71 bits per heavy atom. The molecule has 1 aliphatic heterocycles. The lowest BCUT2D eigenvalue weighted by molar-refractivity contribution is 0.0285. The molecular formula is C23H25N5O3. The summed E-state index contributed by atoms with van der Waals surface area (Å²) < 4.78 is 6.67. The number of morpholine rings is 1. The van der Waals surface area contributed by atoms with Crippen LogP contribution in [0.25, 0.3) is 10.8 Å². The van der Waals surface area contributed by atoms with Gasteiger partial charge in [0.25, 0.3) is 11.5 Å². The van der Waals surface area contributed by atoms with Gasteiger partial charge in [0.2, 0.25) is 0 Å². The summed E-state index contributed by atoms with van der Waals surface area (Å²) in [4.78, 5) is 27.5. The molecule has 0 radical (unpaired) electrons. The molecule has 31 heavy (non-hydrogen) atoms. The molecule has 3 aromatic rings. The van der Waals surface area contributed by atoms with E-state index in [1.165, 1.54) is 11.7 Å². The Morgan fingerprint density at radius 1 is 1.06 bits per heavy atom. The van der Waals surface area contributed by atoms with Crippen molar-refractivity contribution >= 4 is 22.4 Å². The quantitative estimate of drug-likeness (QED) is 0.505. The zero-order valence-corrected chi connectivity index (χ0v) is 17.6. The molecule has 160 valence electrons. The topological polar surface area (TPSA) is 88.8 Å². The maximum Gasteiger partial charge on any atom is 0.292 e. The van der Waals surface area contributed by atoms with E-state index in [-0.39, 0.29) is 17.3 Å². The van der Waals surface area contributed by atoms with E-state index < -0.39 is 5.91 Å². The van der Waals surface area contributed by atoms with Gasteiger partial charge in [-0.3, -0.25) is 14.5 Å². The standard InChI is InChI=1S/C23H25N5O3/c1-16(21(17-8-4-3-5-9-17)28-12-14-31-15-13-28)24-25-22(29)20-18-10-6-7-11-19(18)23(30)27(2)26-20/h3-11,21H,12-15H2,1-2H3,(H,25,29)/b24-16-/t21-/m0/s1. The highest BCUT2D eigenvalue weighted by Gasteiger charge is 2.25. The zero-order valence-electron chi connectivity index (χ0n) is 17.6. The average molecular weight is 419 g/mol. The van der Waals surface area contributed by atoms with Crippen LogP contribution in [-0.2, 0) is 11.8 Å². The molecule has 8 nitrogen and oxygen atoms in total. The number of hydrogen-bond acceptors (Lipinski definition) is 6. The van der Waals surface area contributed by atoms with Crippen LogP contribution < -0.4 is 11.0 Å². The van der Waals surface area contributed by atoms with E-state index in [0.29, 0.717) is 24.0 Å². The molecular weight excluding hydrogens is 394 g/mol. The van der Waals surface area contributed by atoms with Crippen LogP contribution >= 0.6 is 0 Å². The molecule has 1 aliphatic rings. The number of nitrogens with zero attached hydrogens (tertiary/aromatic N) is 4. The van der Waals surface area contributed by atoms with E-state index >= 15 is 0 Å². The third-order valence-electron chi connectivity index (χ3n) is 5.43. The third kappa shape index (κ3) is 4.40. The van der Waals surface area contributed by atoms with Crippen LogP contribution in [0.4, 0.5) is 0 Å². The van der Waals surface area contributed by atoms with Crippen molar-refractivity contribution in [1.82, 2.24) is 20.1 Å². The first kappa shape index (κ1) is 20.9. The molecule has 1 fully saturated rings. The number of aryl methyl sites for hydroxylation is 1. The molecule has 0 bridgehead atoms. The molecule has 1 aromatic heterocycles. The fraction of sp³-hybridized carbons (Fsp3) is 0.304. The van der Waals surface area contributed by atoms with Gasteiger partial charge in [-0.1, -0.05) is 48.5 Å². The molecule has 2 aromatic carbocycles. The van der Waals surface area contributed by atoms with Crippen LogP contribution in [0.15, 0.2) is 64.5 Å². The zero-order chi connectivity index (χ0) is 21.8. The minimum atomic E-state index is -0.458. The number of hydrogen-bond donors (Lipinski definition) is 1. The van der Waals surface area contributed by atoms with Gasteiger partial charge in [-0.15, -0.1) is 0 Å². The molecule has 0 saturated carbocycles. The predicted octanol–water partition coefficient (Wildman–Crippen LogP) is 2.11. The SMILES string of the molecule is C/C(=N/NC(=O)c1nn(C)c(=O)c2ccccc12)[C@@H](c1ccccc1)N1CCOCC1. The summed E-state index contributed by atoms with van der Waals surface area (Å²) in [5.74, 6) is -0.458. The number of carbonyl (C=O) groups is 1. The molecule has 4 rings (SSSR count). The van der Waals surface area contributed by atoms with Crippen molar-refractivity contribution in [2.24, 2.45) is 12.1 Å². The summed E-state index contributed by atoms with van der Waals surface area (Å²) >= 11 is 0. The number of fused-ring (bicyclic) bond motifs is 1. The number of aromatic nitrogens is 2. The van der Waals surface area contributed by atoms with Crippen LogP contribution in [0, 0.1) is 0 Å². The van der Waals surface area contributed by atoms with Gasteiger partial charge in [0.05, 0.1) is 30.4 Å². The van der Waals surface area contributed by atoms with Crippen LogP contribution in [-0.4, -0.2) is 52.6 Å². The molecule has 1 N–H and O–H groups in total. The minimum absolute atomic E-state index is 0.0739. The average Bonchev–Trinajstić information content (AvgIpc) is 2.81. The van der Waals surface area contributed by atoms with Crippen molar-refractivity contribution in [3.63, 3.8) is 0 Å². The van der Waals surface area contributed by atoms with E-state index in [2.05, 4.69) is 32.7 Å². The van der Waals surface area contributed by atoms with Gasteiger partial charge >= 0.3 is 0 Å². The highest BCUT2D eigenvalue weighted by Crippen LogP contribution is 2.23. The lowest BCUT2D eigenvalue weighted by atomic mass is 10.0. The second-order valence-electron chi connectivity index (χ2n) is 7.48. The van der Waals surface area contributed by atoms with E-state index in [4.69, 9.17) is 4.74 Å². The summed E-state index contributed by atoms with van der Waals surface area (Å²) in [6, 6.07) is 17.0. The second-order valence-corrected chi connectivity index (χ2v) is 7.48. The largest absolute Gasteiger partial charge is 0.379 e. The first-order valence-corrected chi connectivity index (χ1v) is 10.2. The summed E-state index contributed by atoms with van der Waals surface area (Å²) in [6.45, 7) is 4.80. The molecule has 0 unspecified atom stereocenters. The monoisotopic (exact) mass is 419 g/mol. The Hall–Kier alpha value is -3.36. The van der Waals surface area contributed by atoms with Gasteiger partial charge in [-0.25, -0.2) is 10.1 Å². The number of carbonyl (C=O) groups excluding carboxylic acids is 1. The fourth-order valence-corrected chi connectivity index (χ4v) is 3.91. The van der Waals surface area contributed by atoms with Crippen molar-refractivity contribution < 1.29 is 9.53 Å². The summed E-state index contributed by atoms with van der Waals surface area (Å²) in [5, 5.41) is 9.54. The first-order chi connectivity index (χ1) is 15.1. The number of ether oxygens (including phenoxy) is 1. The maximum atomic E-state index is 12.9. The number of hydrazone groups is 1. The second kappa shape index (κ2) is 9.20. The molecule has 1 saturated heterocycles. The lowest BCUT2D eigenvalue weighted by Crippen LogP contribution is -2.42. The number of benzene rings is 2. The van der Waals surface area contributed by atoms with Crippen molar-refractivity contribution in [2.45, 2.75) is 13.0 Å². The van der Waals surface area contributed by atoms with Gasteiger partial charge in [-0.2, -0.15) is 10.2 Å².